The fourth-order valence-corrected chi connectivity index (χ4v) is 5.43. The summed E-state index contributed by atoms with van der Waals surface area (Å²) in [4.78, 5) is 4.03. The van der Waals surface area contributed by atoms with Crippen LogP contribution in [0.15, 0.2) is 18.7 Å². The molecule has 0 atom stereocenters. The van der Waals surface area contributed by atoms with Crippen molar-refractivity contribution in [3.05, 3.63) is 18.7 Å². The van der Waals surface area contributed by atoms with Crippen molar-refractivity contribution in [2.75, 3.05) is 10.2 Å². The molecule has 0 aliphatic carbocycles. The minimum absolute atomic E-state index is 0.554. The van der Waals surface area contributed by atoms with Crippen LogP contribution in [0.2, 0.25) is 0 Å². The summed E-state index contributed by atoms with van der Waals surface area (Å²) in [6, 6.07) is 0. The van der Waals surface area contributed by atoms with E-state index in [1.165, 1.54) is 10.2 Å². The number of hydrogen-bond acceptors (Lipinski definition) is 4. The number of thioether (sulfide) groups is 3. The van der Waals surface area contributed by atoms with Gasteiger partial charge in [0.2, 0.25) is 0 Å². The largest absolute Gasteiger partial charge is 0.316 e. The summed E-state index contributed by atoms with van der Waals surface area (Å²) >= 11 is 5.93. The SMILES string of the molecule is c1cn(C2SCSCS2)cn1. The van der Waals surface area contributed by atoms with Crippen molar-refractivity contribution < 1.29 is 0 Å². The predicted molar refractivity (Wildman–Crippen MR) is 53.8 cm³/mol. The zero-order valence-electron chi connectivity index (χ0n) is 5.84. The van der Waals surface area contributed by atoms with Gasteiger partial charge < -0.3 is 4.57 Å². The number of hydrogen-bond donors (Lipinski definition) is 0. The Morgan fingerprint density at radius 2 is 2.18 bits per heavy atom. The first-order chi connectivity index (χ1) is 5.47. The zero-order chi connectivity index (χ0) is 7.52. The predicted octanol–water partition coefficient (Wildman–Crippen LogP) is 2.47. The summed E-state index contributed by atoms with van der Waals surface area (Å²) in [6.07, 6.45) is 5.75. The molecule has 5 heteroatoms. The molecule has 1 aromatic heterocycles. The highest BCUT2D eigenvalue weighted by Crippen LogP contribution is 2.43. The van der Waals surface area contributed by atoms with Crippen molar-refractivity contribution in [2.24, 2.45) is 0 Å². The first-order valence-corrected chi connectivity index (χ1v) is 6.50. The monoisotopic (exact) mass is 204 g/mol. The van der Waals surface area contributed by atoms with Crippen molar-refractivity contribution in [1.82, 2.24) is 9.55 Å². The van der Waals surface area contributed by atoms with Gasteiger partial charge in [0, 0.05) is 22.6 Å². The topological polar surface area (TPSA) is 17.8 Å². The van der Waals surface area contributed by atoms with E-state index in [9.17, 15) is 0 Å². The number of aromatic nitrogens is 2. The van der Waals surface area contributed by atoms with Gasteiger partial charge in [-0.05, 0) is 0 Å². The molecule has 60 valence electrons. The third-order valence-electron chi connectivity index (χ3n) is 1.36. The fraction of sp³-hybridized carbons (Fsp3) is 0.500. The van der Waals surface area contributed by atoms with Crippen LogP contribution in [0, 0.1) is 0 Å². The van der Waals surface area contributed by atoms with E-state index in [2.05, 4.69) is 9.55 Å². The van der Waals surface area contributed by atoms with Gasteiger partial charge >= 0.3 is 0 Å². The van der Waals surface area contributed by atoms with Crippen LogP contribution in [0.1, 0.15) is 4.71 Å². The fourth-order valence-electron chi connectivity index (χ4n) is 0.861. The van der Waals surface area contributed by atoms with Crippen LogP contribution in [0.5, 0.6) is 0 Å². The van der Waals surface area contributed by atoms with Gasteiger partial charge in [-0.15, -0.1) is 35.3 Å². The lowest BCUT2D eigenvalue weighted by Crippen LogP contribution is -2.02. The Hall–Kier alpha value is 0.260. The van der Waals surface area contributed by atoms with E-state index in [-0.39, 0.29) is 0 Å². The van der Waals surface area contributed by atoms with Crippen molar-refractivity contribution in [1.29, 1.82) is 0 Å². The highest BCUT2D eigenvalue weighted by Gasteiger charge is 2.14. The van der Waals surface area contributed by atoms with Crippen LogP contribution in [0.4, 0.5) is 0 Å². The first kappa shape index (κ1) is 7.89. The lowest BCUT2D eigenvalue weighted by molar-refractivity contribution is 0.871. The second kappa shape index (κ2) is 3.78. The van der Waals surface area contributed by atoms with Crippen LogP contribution in [0.3, 0.4) is 0 Å². The van der Waals surface area contributed by atoms with Crippen molar-refractivity contribution >= 4 is 35.3 Å². The smallest absolute Gasteiger partial charge is 0.128 e. The molecular weight excluding hydrogens is 196 g/mol. The average Bonchev–Trinajstić information content (AvgIpc) is 2.58. The molecule has 0 N–H and O–H groups in total. The summed E-state index contributed by atoms with van der Waals surface area (Å²) in [5.41, 5.74) is 0. The lowest BCUT2D eigenvalue weighted by Gasteiger charge is -2.21. The van der Waals surface area contributed by atoms with E-state index in [0.717, 1.165) is 0 Å². The number of imidazole rings is 1. The number of rotatable bonds is 1. The van der Waals surface area contributed by atoms with Crippen LogP contribution in [-0.2, 0) is 0 Å². The Labute approximate surface area is 78.5 Å². The Kier molecular flexibility index (Phi) is 2.71. The minimum Gasteiger partial charge on any atom is -0.316 e. The third-order valence-corrected chi connectivity index (χ3v) is 5.65. The first-order valence-electron chi connectivity index (χ1n) is 3.25. The van der Waals surface area contributed by atoms with E-state index in [4.69, 9.17) is 0 Å². The van der Waals surface area contributed by atoms with Gasteiger partial charge in [0.05, 0.1) is 6.33 Å². The van der Waals surface area contributed by atoms with E-state index in [1.807, 2.05) is 54.0 Å². The molecular formula is C6H8N2S3. The van der Waals surface area contributed by atoms with E-state index in [1.54, 1.807) is 0 Å². The molecule has 0 spiro atoms. The Morgan fingerprint density at radius 1 is 1.36 bits per heavy atom. The Balaban J connectivity index is 2.04. The summed E-state index contributed by atoms with van der Waals surface area (Å²) in [7, 11) is 0. The van der Waals surface area contributed by atoms with Gasteiger partial charge in [0.1, 0.15) is 4.71 Å². The Bertz CT molecular complexity index is 206. The molecule has 0 saturated carbocycles. The molecule has 11 heavy (non-hydrogen) atoms. The maximum absolute atomic E-state index is 4.03. The summed E-state index contributed by atoms with van der Waals surface area (Å²) in [5, 5.41) is 2.41. The molecule has 0 bridgehead atoms. The highest BCUT2D eigenvalue weighted by molar-refractivity contribution is 8.31. The van der Waals surface area contributed by atoms with Gasteiger partial charge in [0.15, 0.2) is 0 Å². The standard InChI is InChI=1S/C6H8N2S3/c1-2-8(3-7-1)6-10-4-9-5-11-6/h1-3,6H,4-5H2. The van der Waals surface area contributed by atoms with Crippen LogP contribution < -0.4 is 0 Å². The Morgan fingerprint density at radius 3 is 2.82 bits per heavy atom. The second-order valence-electron chi connectivity index (χ2n) is 2.09. The molecule has 1 aliphatic rings. The molecule has 1 fully saturated rings. The van der Waals surface area contributed by atoms with Gasteiger partial charge in [-0.2, -0.15) is 0 Å². The summed E-state index contributed by atoms with van der Waals surface area (Å²) in [5.74, 6) is 0. The maximum Gasteiger partial charge on any atom is 0.128 e. The zero-order valence-corrected chi connectivity index (χ0v) is 8.29. The molecule has 0 amide bonds. The molecule has 2 heterocycles. The molecule has 1 saturated heterocycles. The molecule has 0 unspecified atom stereocenters. The van der Waals surface area contributed by atoms with E-state index >= 15 is 0 Å². The van der Waals surface area contributed by atoms with Gasteiger partial charge in [0.25, 0.3) is 0 Å². The molecule has 0 aromatic carbocycles. The molecule has 2 rings (SSSR count). The summed E-state index contributed by atoms with van der Waals surface area (Å²) in [6.45, 7) is 0. The molecule has 0 radical (unpaired) electrons. The highest BCUT2D eigenvalue weighted by atomic mass is 32.3. The molecule has 1 aromatic rings. The average molecular weight is 204 g/mol. The lowest BCUT2D eigenvalue weighted by atomic mass is 10.9. The minimum atomic E-state index is 0.554. The van der Waals surface area contributed by atoms with Crippen molar-refractivity contribution in [2.45, 2.75) is 4.71 Å². The number of nitrogens with zero attached hydrogens (tertiary/aromatic N) is 2. The van der Waals surface area contributed by atoms with Crippen molar-refractivity contribution in [3.8, 4) is 0 Å². The van der Waals surface area contributed by atoms with E-state index < -0.39 is 0 Å². The second-order valence-corrected chi connectivity index (χ2v) is 6.24. The van der Waals surface area contributed by atoms with Crippen LogP contribution in [0.25, 0.3) is 0 Å². The molecule has 2 nitrogen and oxygen atoms in total. The van der Waals surface area contributed by atoms with Gasteiger partial charge in [-0.1, -0.05) is 0 Å². The maximum atomic E-state index is 4.03. The van der Waals surface area contributed by atoms with Crippen molar-refractivity contribution in [3.63, 3.8) is 0 Å². The molecule has 1 aliphatic heterocycles. The quantitative estimate of drug-likeness (QED) is 0.699. The normalized spacial score (nSPS) is 20.4. The summed E-state index contributed by atoms with van der Waals surface area (Å²) < 4.78 is 2.72. The van der Waals surface area contributed by atoms with E-state index in [0.29, 0.717) is 4.71 Å². The third kappa shape index (κ3) is 1.89. The van der Waals surface area contributed by atoms with Crippen LogP contribution in [-0.4, -0.2) is 19.7 Å². The van der Waals surface area contributed by atoms with Crippen LogP contribution >= 0.6 is 35.3 Å². The van der Waals surface area contributed by atoms with Gasteiger partial charge in [-0.25, -0.2) is 4.98 Å². The van der Waals surface area contributed by atoms with Gasteiger partial charge in [-0.3, -0.25) is 0 Å².